The number of nitrogens with one attached hydrogen (secondary N) is 1. The summed E-state index contributed by atoms with van der Waals surface area (Å²) in [6.07, 6.45) is 0. The molecule has 0 spiro atoms. The van der Waals surface area contributed by atoms with Crippen LogP contribution in [0.3, 0.4) is 0 Å². The molecule has 1 aliphatic rings. The highest BCUT2D eigenvalue weighted by atomic mass is 32.2. The lowest BCUT2D eigenvalue weighted by Gasteiger charge is -2.40. The average Bonchev–Trinajstić information content (AvgIpc) is 2.70. The van der Waals surface area contributed by atoms with E-state index >= 15 is 0 Å². The molecule has 2 rings (SSSR count). The Hall–Kier alpha value is -0.960. The molecule has 19 heavy (non-hydrogen) atoms. The summed E-state index contributed by atoms with van der Waals surface area (Å²) in [4.78, 5) is 0.0741. The Balaban J connectivity index is 2.50. The average molecular weight is 289 g/mol. The molecule has 0 radical (unpaired) electrons. The lowest BCUT2D eigenvalue weighted by Crippen LogP contribution is -2.55. The van der Waals surface area contributed by atoms with Crippen LogP contribution in [0.15, 0.2) is 4.90 Å². The van der Waals surface area contributed by atoms with Crippen molar-refractivity contribution in [1.82, 2.24) is 14.5 Å². The van der Waals surface area contributed by atoms with Crippen molar-refractivity contribution in [3.8, 4) is 0 Å². The Morgan fingerprint density at radius 2 is 2.21 bits per heavy atom. The monoisotopic (exact) mass is 289 g/mol. The summed E-state index contributed by atoms with van der Waals surface area (Å²) in [5, 5.41) is 15.7. The van der Waals surface area contributed by atoms with Crippen LogP contribution in [0.5, 0.6) is 0 Å². The lowest BCUT2D eigenvalue weighted by molar-refractivity contribution is -0.00776. The quantitative estimate of drug-likeness (QED) is 0.817. The summed E-state index contributed by atoms with van der Waals surface area (Å²) in [5.74, 6) is 0. The number of aliphatic hydroxyl groups excluding tert-OH is 1. The zero-order chi connectivity index (χ0) is 14.3. The lowest BCUT2D eigenvalue weighted by atomic mass is 10.1. The third kappa shape index (κ3) is 2.40. The molecule has 1 saturated heterocycles. The van der Waals surface area contributed by atoms with Gasteiger partial charge in [0.05, 0.1) is 31.1 Å². The molecule has 7 nitrogen and oxygen atoms in total. The van der Waals surface area contributed by atoms with Crippen molar-refractivity contribution >= 4 is 10.0 Å². The number of aromatic nitrogens is 2. The third-order valence-electron chi connectivity index (χ3n) is 3.23. The SMILES string of the molecule is Cc1[nH]nc(CO)c1S(=O)(=O)N1CCOCC1(C)C. The molecule has 0 aromatic carbocycles. The smallest absolute Gasteiger partial charge is 0.247 e. The Morgan fingerprint density at radius 3 is 2.79 bits per heavy atom. The van der Waals surface area contributed by atoms with Crippen LogP contribution in [0, 0.1) is 6.92 Å². The molecule has 1 fully saturated rings. The van der Waals surface area contributed by atoms with E-state index in [1.54, 1.807) is 6.92 Å². The summed E-state index contributed by atoms with van der Waals surface area (Å²) in [6.45, 7) is 5.86. The highest BCUT2D eigenvalue weighted by Gasteiger charge is 2.41. The molecule has 1 aliphatic heterocycles. The van der Waals surface area contributed by atoms with E-state index in [1.807, 2.05) is 13.8 Å². The second-order valence-corrected chi connectivity index (χ2v) is 7.02. The number of hydrogen-bond acceptors (Lipinski definition) is 5. The van der Waals surface area contributed by atoms with E-state index in [0.717, 1.165) is 0 Å². The molecular formula is C11H19N3O4S. The van der Waals surface area contributed by atoms with Gasteiger partial charge in [0.25, 0.3) is 0 Å². The molecule has 0 saturated carbocycles. The normalized spacial score (nSPS) is 20.6. The first kappa shape index (κ1) is 14.4. The van der Waals surface area contributed by atoms with Gasteiger partial charge in [-0.1, -0.05) is 0 Å². The molecule has 1 aromatic rings. The number of morpholine rings is 1. The second kappa shape index (κ2) is 4.86. The van der Waals surface area contributed by atoms with Crippen LogP contribution in [0.25, 0.3) is 0 Å². The van der Waals surface area contributed by atoms with Crippen LogP contribution in [0.2, 0.25) is 0 Å². The van der Waals surface area contributed by atoms with Gasteiger partial charge in [-0.15, -0.1) is 0 Å². The molecule has 0 unspecified atom stereocenters. The van der Waals surface area contributed by atoms with Gasteiger partial charge in [-0.25, -0.2) is 8.42 Å². The van der Waals surface area contributed by atoms with E-state index in [0.29, 0.717) is 25.5 Å². The predicted octanol–water partition coefficient (Wildman–Crippen LogP) is 0.00992. The molecular weight excluding hydrogens is 270 g/mol. The molecule has 0 amide bonds. The molecule has 1 aromatic heterocycles. The number of nitrogens with zero attached hydrogens (tertiary/aromatic N) is 2. The van der Waals surface area contributed by atoms with Crippen LogP contribution < -0.4 is 0 Å². The number of H-pyrrole nitrogens is 1. The fourth-order valence-corrected chi connectivity index (χ4v) is 4.40. The van der Waals surface area contributed by atoms with E-state index < -0.39 is 22.2 Å². The summed E-state index contributed by atoms with van der Waals surface area (Å²) in [5.41, 5.74) is -0.0285. The Labute approximate surface area is 112 Å². The van der Waals surface area contributed by atoms with E-state index in [1.165, 1.54) is 4.31 Å². The molecule has 0 aliphatic carbocycles. The molecule has 108 valence electrons. The van der Waals surface area contributed by atoms with Gasteiger partial charge in [-0.3, -0.25) is 5.10 Å². The number of rotatable bonds is 3. The van der Waals surface area contributed by atoms with Crippen molar-refractivity contribution in [1.29, 1.82) is 0 Å². The molecule has 2 N–H and O–H groups in total. The van der Waals surface area contributed by atoms with Crippen molar-refractivity contribution < 1.29 is 18.3 Å². The Bertz CT molecular complexity index is 564. The van der Waals surface area contributed by atoms with E-state index in [4.69, 9.17) is 4.74 Å². The van der Waals surface area contributed by atoms with Crippen LogP contribution >= 0.6 is 0 Å². The Kier molecular flexibility index (Phi) is 3.69. The molecule has 2 heterocycles. The largest absolute Gasteiger partial charge is 0.390 e. The fraction of sp³-hybridized carbons (Fsp3) is 0.727. The number of aryl methyl sites for hydroxylation is 1. The number of sulfonamides is 1. The maximum absolute atomic E-state index is 12.8. The second-order valence-electron chi connectivity index (χ2n) is 5.22. The first-order valence-corrected chi connectivity index (χ1v) is 7.50. The minimum absolute atomic E-state index is 0.0741. The van der Waals surface area contributed by atoms with Gasteiger partial charge < -0.3 is 9.84 Å². The summed E-state index contributed by atoms with van der Waals surface area (Å²) >= 11 is 0. The van der Waals surface area contributed by atoms with Crippen LogP contribution in [-0.4, -0.2) is 53.3 Å². The summed E-state index contributed by atoms with van der Waals surface area (Å²) in [6, 6.07) is 0. The van der Waals surface area contributed by atoms with Crippen molar-refractivity contribution in [2.45, 2.75) is 37.8 Å². The van der Waals surface area contributed by atoms with Crippen LogP contribution in [0.1, 0.15) is 25.2 Å². The van der Waals surface area contributed by atoms with Crippen molar-refractivity contribution in [3.63, 3.8) is 0 Å². The van der Waals surface area contributed by atoms with Gasteiger partial charge in [-0.2, -0.15) is 9.40 Å². The van der Waals surface area contributed by atoms with Gasteiger partial charge in [-0.05, 0) is 20.8 Å². The zero-order valence-corrected chi connectivity index (χ0v) is 12.1. The number of aromatic amines is 1. The maximum atomic E-state index is 12.8. The number of ether oxygens (including phenoxy) is 1. The molecule has 0 atom stereocenters. The van der Waals surface area contributed by atoms with Gasteiger partial charge in [0.1, 0.15) is 10.6 Å². The van der Waals surface area contributed by atoms with Gasteiger partial charge in [0, 0.05) is 6.54 Å². The number of aliphatic hydroxyl groups is 1. The van der Waals surface area contributed by atoms with E-state index in [9.17, 15) is 13.5 Å². The van der Waals surface area contributed by atoms with Crippen LogP contribution in [-0.2, 0) is 21.4 Å². The third-order valence-corrected chi connectivity index (χ3v) is 5.54. The van der Waals surface area contributed by atoms with Gasteiger partial charge >= 0.3 is 0 Å². The highest BCUT2D eigenvalue weighted by Crippen LogP contribution is 2.30. The Morgan fingerprint density at radius 1 is 1.53 bits per heavy atom. The summed E-state index contributed by atoms with van der Waals surface area (Å²) < 4.78 is 32.3. The van der Waals surface area contributed by atoms with Crippen molar-refractivity contribution in [2.75, 3.05) is 19.8 Å². The standard InChI is InChI=1S/C11H19N3O4S/c1-8-10(9(6-15)13-12-8)19(16,17)14-4-5-18-7-11(14,2)3/h15H,4-7H2,1-3H3,(H,12,13). The predicted molar refractivity (Wildman–Crippen MR) is 68.0 cm³/mol. The van der Waals surface area contributed by atoms with Gasteiger partial charge in [0.2, 0.25) is 10.0 Å². The first-order chi connectivity index (χ1) is 8.80. The van der Waals surface area contributed by atoms with Crippen molar-refractivity contribution in [2.24, 2.45) is 0 Å². The summed E-state index contributed by atoms with van der Waals surface area (Å²) in [7, 11) is -3.70. The molecule has 0 bridgehead atoms. The van der Waals surface area contributed by atoms with E-state index in [-0.39, 0.29) is 10.6 Å². The minimum Gasteiger partial charge on any atom is -0.390 e. The topological polar surface area (TPSA) is 95.5 Å². The number of hydrogen-bond donors (Lipinski definition) is 2. The fourth-order valence-electron chi connectivity index (χ4n) is 2.32. The first-order valence-electron chi connectivity index (χ1n) is 6.06. The van der Waals surface area contributed by atoms with Crippen LogP contribution in [0.4, 0.5) is 0 Å². The van der Waals surface area contributed by atoms with Crippen molar-refractivity contribution in [3.05, 3.63) is 11.4 Å². The van der Waals surface area contributed by atoms with Gasteiger partial charge in [0.15, 0.2) is 0 Å². The highest BCUT2D eigenvalue weighted by molar-refractivity contribution is 7.89. The minimum atomic E-state index is -3.70. The van der Waals surface area contributed by atoms with E-state index in [2.05, 4.69) is 10.2 Å². The maximum Gasteiger partial charge on any atom is 0.247 e. The zero-order valence-electron chi connectivity index (χ0n) is 11.3. The molecule has 8 heteroatoms.